The summed E-state index contributed by atoms with van der Waals surface area (Å²) < 4.78 is 10.5. The second-order valence-corrected chi connectivity index (χ2v) is 5.75. The van der Waals surface area contributed by atoms with Crippen LogP contribution in [0.1, 0.15) is 37.8 Å². The third kappa shape index (κ3) is 5.58. The predicted octanol–water partition coefficient (Wildman–Crippen LogP) is 3.47. The Bertz CT molecular complexity index is 588. The van der Waals surface area contributed by atoms with E-state index < -0.39 is 12.6 Å². The fourth-order valence-electron chi connectivity index (χ4n) is 2.44. The Morgan fingerprint density at radius 1 is 0.739 bits per heavy atom. The summed E-state index contributed by atoms with van der Waals surface area (Å²) in [5, 5.41) is 18.4. The summed E-state index contributed by atoms with van der Waals surface area (Å²) in [6.07, 6.45) is -0.700. The van der Waals surface area contributed by atoms with Crippen LogP contribution in [0.5, 0.6) is 11.5 Å². The molecule has 23 heavy (non-hydrogen) atoms. The smallest absolute Gasteiger partial charge is 0.194 e. The van der Waals surface area contributed by atoms with Crippen LogP contribution in [0.2, 0.25) is 0 Å². The van der Waals surface area contributed by atoms with Gasteiger partial charge in [0.1, 0.15) is 11.5 Å². The molecule has 0 saturated heterocycles. The van der Waals surface area contributed by atoms with Crippen LogP contribution in [0.4, 0.5) is 0 Å². The lowest BCUT2D eigenvalue weighted by molar-refractivity contribution is -0.000902. The van der Waals surface area contributed by atoms with Gasteiger partial charge in [0, 0.05) is 0 Å². The highest BCUT2D eigenvalue weighted by atomic mass is 16.6. The van der Waals surface area contributed by atoms with Crippen molar-refractivity contribution in [1.82, 2.24) is 0 Å². The number of aliphatic hydroxyl groups is 2. The van der Waals surface area contributed by atoms with Crippen LogP contribution < -0.4 is 9.47 Å². The number of hydrogen-bond acceptors (Lipinski definition) is 4. The van der Waals surface area contributed by atoms with Crippen LogP contribution in [-0.4, -0.2) is 22.8 Å². The fraction of sp³-hybridized carbons (Fsp3) is 0.368. The minimum Gasteiger partial charge on any atom is -0.465 e. The molecule has 0 spiro atoms. The van der Waals surface area contributed by atoms with Gasteiger partial charge < -0.3 is 19.7 Å². The second kappa shape index (κ2) is 7.99. The molecule has 0 radical (unpaired) electrons. The minimum absolute atomic E-state index is 0.360. The van der Waals surface area contributed by atoms with Crippen molar-refractivity contribution < 1.29 is 19.7 Å². The molecule has 2 aromatic rings. The number of aliphatic hydroxyl groups excluding tert-OH is 2. The van der Waals surface area contributed by atoms with Gasteiger partial charge in [-0.25, -0.2) is 0 Å². The first-order valence-electron chi connectivity index (χ1n) is 7.82. The van der Waals surface area contributed by atoms with E-state index in [0.29, 0.717) is 17.4 Å². The zero-order chi connectivity index (χ0) is 16.8. The molecule has 0 aliphatic rings. The Morgan fingerprint density at radius 3 is 1.61 bits per heavy atom. The lowest BCUT2D eigenvalue weighted by Gasteiger charge is -2.14. The van der Waals surface area contributed by atoms with Crippen molar-refractivity contribution in [3.8, 4) is 11.5 Å². The SMILES string of the molecule is CC(O)Oc1ccc(CC(C)c2ccc(OC(C)O)cc2)cc1. The summed E-state index contributed by atoms with van der Waals surface area (Å²) in [7, 11) is 0. The van der Waals surface area contributed by atoms with Crippen molar-refractivity contribution >= 4 is 0 Å². The third-order valence-electron chi connectivity index (χ3n) is 3.53. The van der Waals surface area contributed by atoms with Gasteiger partial charge in [0.25, 0.3) is 0 Å². The van der Waals surface area contributed by atoms with Gasteiger partial charge in [-0.3, -0.25) is 0 Å². The molecule has 0 fully saturated rings. The van der Waals surface area contributed by atoms with E-state index in [1.807, 2.05) is 48.5 Å². The van der Waals surface area contributed by atoms with E-state index in [0.717, 1.165) is 6.42 Å². The zero-order valence-electron chi connectivity index (χ0n) is 13.8. The van der Waals surface area contributed by atoms with E-state index in [1.165, 1.54) is 11.1 Å². The maximum Gasteiger partial charge on any atom is 0.194 e. The first-order valence-corrected chi connectivity index (χ1v) is 7.82. The molecule has 4 heteroatoms. The summed E-state index contributed by atoms with van der Waals surface area (Å²) in [5.41, 5.74) is 2.42. The van der Waals surface area contributed by atoms with E-state index in [9.17, 15) is 10.2 Å². The van der Waals surface area contributed by atoms with Crippen LogP contribution in [0.3, 0.4) is 0 Å². The molecule has 2 N–H and O–H groups in total. The maximum absolute atomic E-state index is 9.21. The second-order valence-electron chi connectivity index (χ2n) is 5.75. The molecule has 3 unspecified atom stereocenters. The molecule has 3 atom stereocenters. The lowest BCUT2D eigenvalue weighted by Crippen LogP contribution is -2.09. The molecular formula is C19H24O4. The van der Waals surface area contributed by atoms with E-state index in [4.69, 9.17) is 9.47 Å². The van der Waals surface area contributed by atoms with E-state index >= 15 is 0 Å². The molecule has 0 aromatic heterocycles. The fourth-order valence-corrected chi connectivity index (χ4v) is 2.44. The van der Waals surface area contributed by atoms with Crippen LogP contribution in [0.25, 0.3) is 0 Å². The highest BCUT2D eigenvalue weighted by Gasteiger charge is 2.08. The summed E-state index contributed by atoms with van der Waals surface area (Å²) in [4.78, 5) is 0. The van der Waals surface area contributed by atoms with Gasteiger partial charge in [0.15, 0.2) is 12.6 Å². The first kappa shape index (κ1) is 17.3. The molecule has 0 aliphatic carbocycles. The van der Waals surface area contributed by atoms with Crippen molar-refractivity contribution in [2.75, 3.05) is 0 Å². The monoisotopic (exact) mass is 316 g/mol. The Kier molecular flexibility index (Phi) is 6.02. The average molecular weight is 316 g/mol. The third-order valence-corrected chi connectivity index (χ3v) is 3.53. The Balaban J connectivity index is 1.96. The van der Waals surface area contributed by atoms with Crippen LogP contribution >= 0.6 is 0 Å². The molecule has 124 valence electrons. The molecule has 0 aliphatic heterocycles. The standard InChI is InChI=1S/C19H24O4/c1-13(17-6-10-19(11-7-17)23-15(3)21)12-16-4-8-18(9-5-16)22-14(2)20/h4-11,13-15,20-21H,12H2,1-3H3. The van der Waals surface area contributed by atoms with Crippen molar-refractivity contribution in [2.45, 2.75) is 45.7 Å². The van der Waals surface area contributed by atoms with E-state index in [1.54, 1.807) is 13.8 Å². The van der Waals surface area contributed by atoms with Crippen LogP contribution in [-0.2, 0) is 6.42 Å². The maximum atomic E-state index is 9.21. The van der Waals surface area contributed by atoms with Gasteiger partial charge in [-0.15, -0.1) is 0 Å². The predicted molar refractivity (Wildman–Crippen MR) is 89.6 cm³/mol. The summed E-state index contributed by atoms with van der Waals surface area (Å²) in [5.74, 6) is 1.69. The Morgan fingerprint density at radius 2 is 1.17 bits per heavy atom. The molecule has 0 saturated carbocycles. The van der Waals surface area contributed by atoms with Gasteiger partial charge in [-0.2, -0.15) is 0 Å². The van der Waals surface area contributed by atoms with Crippen molar-refractivity contribution in [2.24, 2.45) is 0 Å². The number of ether oxygens (including phenoxy) is 2. The Hall–Kier alpha value is -2.04. The molecular weight excluding hydrogens is 292 g/mol. The van der Waals surface area contributed by atoms with Crippen molar-refractivity contribution in [3.63, 3.8) is 0 Å². The van der Waals surface area contributed by atoms with Gasteiger partial charge >= 0.3 is 0 Å². The molecule has 0 bridgehead atoms. The quantitative estimate of drug-likeness (QED) is 0.768. The number of hydrogen-bond donors (Lipinski definition) is 2. The topological polar surface area (TPSA) is 58.9 Å². The largest absolute Gasteiger partial charge is 0.465 e. The highest BCUT2D eigenvalue weighted by molar-refractivity contribution is 5.32. The van der Waals surface area contributed by atoms with Crippen LogP contribution in [0, 0.1) is 0 Å². The molecule has 0 heterocycles. The molecule has 2 aromatic carbocycles. The zero-order valence-corrected chi connectivity index (χ0v) is 13.8. The van der Waals surface area contributed by atoms with Gasteiger partial charge in [-0.05, 0) is 61.6 Å². The summed E-state index contributed by atoms with van der Waals surface area (Å²) in [6.45, 7) is 5.34. The van der Waals surface area contributed by atoms with Gasteiger partial charge in [0.2, 0.25) is 0 Å². The van der Waals surface area contributed by atoms with Crippen molar-refractivity contribution in [1.29, 1.82) is 0 Å². The first-order chi connectivity index (χ1) is 10.9. The van der Waals surface area contributed by atoms with E-state index in [2.05, 4.69) is 6.92 Å². The minimum atomic E-state index is -0.805. The average Bonchev–Trinajstić information content (AvgIpc) is 2.49. The van der Waals surface area contributed by atoms with Gasteiger partial charge in [0.05, 0.1) is 0 Å². The molecule has 2 rings (SSSR count). The van der Waals surface area contributed by atoms with Crippen molar-refractivity contribution in [3.05, 3.63) is 59.7 Å². The van der Waals surface area contributed by atoms with E-state index in [-0.39, 0.29) is 0 Å². The van der Waals surface area contributed by atoms with Gasteiger partial charge in [-0.1, -0.05) is 31.2 Å². The van der Waals surface area contributed by atoms with Crippen LogP contribution in [0.15, 0.2) is 48.5 Å². The summed E-state index contributed by atoms with van der Waals surface area (Å²) in [6, 6.07) is 15.6. The number of benzene rings is 2. The molecule has 0 amide bonds. The Labute approximate surface area is 137 Å². The lowest BCUT2D eigenvalue weighted by atomic mass is 9.94. The highest BCUT2D eigenvalue weighted by Crippen LogP contribution is 2.24. The normalized spacial score (nSPS) is 14.8. The number of rotatable bonds is 7. The molecule has 4 nitrogen and oxygen atoms in total. The summed E-state index contributed by atoms with van der Waals surface area (Å²) >= 11 is 0.